The van der Waals surface area contributed by atoms with Crippen LogP contribution in [0.25, 0.3) is 5.69 Å². The van der Waals surface area contributed by atoms with Crippen LogP contribution in [0.2, 0.25) is 0 Å². The van der Waals surface area contributed by atoms with E-state index in [1.54, 1.807) is 14.2 Å². The van der Waals surface area contributed by atoms with Gasteiger partial charge >= 0.3 is 0 Å². The van der Waals surface area contributed by atoms with E-state index in [0.717, 1.165) is 29.4 Å². The quantitative estimate of drug-likeness (QED) is 0.725. The molecule has 0 radical (unpaired) electrons. The molecule has 0 bridgehead atoms. The van der Waals surface area contributed by atoms with Crippen molar-refractivity contribution >= 4 is 0 Å². The van der Waals surface area contributed by atoms with E-state index in [1.165, 1.54) is 5.56 Å². The normalized spacial score (nSPS) is 10.6. The molecule has 0 unspecified atom stereocenters. The number of hydrogen-bond donors (Lipinski definition) is 1. The molecule has 0 atom stereocenters. The summed E-state index contributed by atoms with van der Waals surface area (Å²) in [5.41, 5.74) is 3.19. The minimum atomic E-state index is 0.709. The number of hydrogen-bond acceptors (Lipinski definition) is 4. The second-order valence-electron chi connectivity index (χ2n) is 5.40. The SMILES string of the molecule is COc1ccc(-n2ccc(CNCc3cccc(OC)c3)n2)cc1. The fraction of sp³-hybridized carbons (Fsp3) is 0.211. The highest BCUT2D eigenvalue weighted by Crippen LogP contribution is 2.15. The van der Waals surface area contributed by atoms with Crippen LogP contribution in [0.15, 0.2) is 60.8 Å². The largest absolute Gasteiger partial charge is 0.497 e. The zero-order chi connectivity index (χ0) is 16.8. The maximum atomic E-state index is 5.24. The van der Waals surface area contributed by atoms with Crippen molar-refractivity contribution in [1.29, 1.82) is 0 Å². The van der Waals surface area contributed by atoms with Crippen molar-refractivity contribution in [3.05, 3.63) is 72.1 Å². The lowest BCUT2D eigenvalue weighted by molar-refractivity contribution is 0.414. The Kier molecular flexibility index (Phi) is 5.13. The maximum absolute atomic E-state index is 5.24. The van der Waals surface area contributed by atoms with E-state index in [2.05, 4.69) is 16.5 Å². The Morgan fingerprint density at radius 3 is 2.46 bits per heavy atom. The van der Waals surface area contributed by atoms with Crippen molar-refractivity contribution in [3.63, 3.8) is 0 Å². The molecule has 5 nitrogen and oxygen atoms in total. The van der Waals surface area contributed by atoms with Crippen LogP contribution in [0.5, 0.6) is 11.5 Å². The van der Waals surface area contributed by atoms with Gasteiger partial charge in [0.2, 0.25) is 0 Å². The van der Waals surface area contributed by atoms with E-state index in [4.69, 9.17) is 9.47 Å². The number of aromatic nitrogens is 2. The molecule has 5 heteroatoms. The van der Waals surface area contributed by atoms with Crippen molar-refractivity contribution in [2.45, 2.75) is 13.1 Å². The second kappa shape index (κ2) is 7.66. The van der Waals surface area contributed by atoms with E-state index < -0.39 is 0 Å². The molecule has 0 aliphatic heterocycles. The van der Waals surface area contributed by atoms with Gasteiger partial charge in [-0.3, -0.25) is 0 Å². The first-order valence-corrected chi connectivity index (χ1v) is 7.81. The molecule has 3 rings (SSSR count). The molecule has 0 amide bonds. The molecule has 0 spiro atoms. The lowest BCUT2D eigenvalue weighted by atomic mass is 10.2. The Bertz CT molecular complexity index is 781. The fourth-order valence-electron chi connectivity index (χ4n) is 2.45. The Balaban J connectivity index is 1.57. The molecule has 24 heavy (non-hydrogen) atoms. The van der Waals surface area contributed by atoms with Crippen molar-refractivity contribution in [2.75, 3.05) is 14.2 Å². The van der Waals surface area contributed by atoms with Gasteiger partial charge in [0.1, 0.15) is 11.5 Å². The Morgan fingerprint density at radius 1 is 0.917 bits per heavy atom. The molecular weight excluding hydrogens is 302 g/mol. The fourth-order valence-corrected chi connectivity index (χ4v) is 2.45. The van der Waals surface area contributed by atoms with Crippen LogP contribution in [0.4, 0.5) is 0 Å². The summed E-state index contributed by atoms with van der Waals surface area (Å²) < 4.78 is 12.3. The molecule has 0 saturated carbocycles. The Hall–Kier alpha value is -2.79. The van der Waals surface area contributed by atoms with Gasteiger partial charge in [0, 0.05) is 19.3 Å². The second-order valence-corrected chi connectivity index (χ2v) is 5.40. The molecule has 1 N–H and O–H groups in total. The third-order valence-electron chi connectivity index (χ3n) is 3.75. The average molecular weight is 323 g/mol. The van der Waals surface area contributed by atoms with Crippen LogP contribution in [-0.2, 0) is 13.1 Å². The summed E-state index contributed by atoms with van der Waals surface area (Å²) in [7, 11) is 3.34. The average Bonchev–Trinajstić information content (AvgIpc) is 3.11. The lowest BCUT2D eigenvalue weighted by Gasteiger charge is -2.06. The predicted molar refractivity (Wildman–Crippen MR) is 93.7 cm³/mol. The van der Waals surface area contributed by atoms with Gasteiger partial charge in [-0.15, -0.1) is 0 Å². The zero-order valence-corrected chi connectivity index (χ0v) is 13.9. The molecule has 0 aliphatic rings. The van der Waals surface area contributed by atoms with E-state index in [-0.39, 0.29) is 0 Å². The summed E-state index contributed by atoms with van der Waals surface area (Å²) >= 11 is 0. The van der Waals surface area contributed by atoms with Crippen LogP contribution in [0.1, 0.15) is 11.3 Å². The standard InChI is InChI=1S/C19H21N3O2/c1-23-18-8-6-17(7-9-18)22-11-10-16(21-22)14-20-13-15-4-3-5-19(12-15)24-2/h3-12,20H,13-14H2,1-2H3. The number of nitrogens with one attached hydrogen (secondary N) is 1. The smallest absolute Gasteiger partial charge is 0.119 e. The number of nitrogens with zero attached hydrogens (tertiary/aromatic N) is 2. The van der Waals surface area contributed by atoms with Gasteiger partial charge in [0.25, 0.3) is 0 Å². The lowest BCUT2D eigenvalue weighted by Crippen LogP contribution is -2.13. The molecule has 1 heterocycles. The number of ether oxygens (including phenoxy) is 2. The highest BCUT2D eigenvalue weighted by molar-refractivity contribution is 5.36. The molecule has 1 aromatic heterocycles. The molecule has 0 saturated heterocycles. The van der Waals surface area contributed by atoms with Gasteiger partial charge in [-0.05, 0) is 48.0 Å². The maximum Gasteiger partial charge on any atom is 0.119 e. The molecular formula is C19H21N3O2. The summed E-state index contributed by atoms with van der Waals surface area (Å²) in [5, 5.41) is 7.99. The van der Waals surface area contributed by atoms with Crippen molar-refractivity contribution in [2.24, 2.45) is 0 Å². The minimum absolute atomic E-state index is 0.709. The summed E-state index contributed by atoms with van der Waals surface area (Å²) in [6.07, 6.45) is 1.96. The van der Waals surface area contributed by atoms with Crippen LogP contribution < -0.4 is 14.8 Å². The van der Waals surface area contributed by atoms with E-state index in [9.17, 15) is 0 Å². The monoisotopic (exact) mass is 323 g/mol. The van der Waals surface area contributed by atoms with E-state index in [0.29, 0.717) is 6.54 Å². The van der Waals surface area contributed by atoms with Crippen LogP contribution in [-0.4, -0.2) is 24.0 Å². The van der Waals surface area contributed by atoms with Gasteiger partial charge in [0.15, 0.2) is 0 Å². The minimum Gasteiger partial charge on any atom is -0.497 e. The van der Waals surface area contributed by atoms with Gasteiger partial charge in [-0.1, -0.05) is 12.1 Å². The first-order chi connectivity index (χ1) is 11.8. The van der Waals surface area contributed by atoms with Gasteiger partial charge in [-0.2, -0.15) is 5.10 Å². The number of benzene rings is 2. The van der Waals surface area contributed by atoms with Crippen LogP contribution >= 0.6 is 0 Å². The summed E-state index contributed by atoms with van der Waals surface area (Å²) in [5.74, 6) is 1.71. The topological polar surface area (TPSA) is 48.3 Å². The van der Waals surface area contributed by atoms with Gasteiger partial charge in [-0.25, -0.2) is 4.68 Å². The first kappa shape index (κ1) is 16.1. The van der Waals surface area contributed by atoms with Crippen molar-refractivity contribution < 1.29 is 9.47 Å². The van der Waals surface area contributed by atoms with E-state index >= 15 is 0 Å². The highest BCUT2D eigenvalue weighted by atomic mass is 16.5. The third kappa shape index (κ3) is 3.94. The van der Waals surface area contributed by atoms with Crippen LogP contribution in [0, 0.1) is 0 Å². The predicted octanol–water partition coefficient (Wildman–Crippen LogP) is 3.18. The summed E-state index contributed by atoms with van der Waals surface area (Å²) in [4.78, 5) is 0. The Morgan fingerprint density at radius 2 is 1.71 bits per heavy atom. The first-order valence-electron chi connectivity index (χ1n) is 7.81. The summed E-state index contributed by atoms with van der Waals surface area (Å²) in [6, 6.07) is 17.9. The van der Waals surface area contributed by atoms with Crippen LogP contribution in [0.3, 0.4) is 0 Å². The molecule has 124 valence electrons. The third-order valence-corrected chi connectivity index (χ3v) is 3.75. The number of methoxy groups -OCH3 is 2. The van der Waals surface area contributed by atoms with E-state index in [1.807, 2.05) is 59.4 Å². The number of rotatable bonds is 7. The van der Waals surface area contributed by atoms with Crippen molar-refractivity contribution in [3.8, 4) is 17.2 Å². The van der Waals surface area contributed by atoms with Gasteiger partial charge in [0.05, 0.1) is 25.6 Å². The molecule has 0 aliphatic carbocycles. The van der Waals surface area contributed by atoms with Crippen molar-refractivity contribution in [1.82, 2.24) is 15.1 Å². The molecule has 0 fully saturated rings. The molecule has 2 aromatic carbocycles. The highest BCUT2D eigenvalue weighted by Gasteiger charge is 2.02. The molecule has 3 aromatic rings. The Labute approximate surface area is 141 Å². The summed E-state index contributed by atoms with van der Waals surface area (Å²) in [6.45, 7) is 1.48. The van der Waals surface area contributed by atoms with Gasteiger partial charge < -0.3 is 14.8 Å². The zero-order valence-electron chi connectivity index (χ0n) is 13.9.